The maximum atomic E-state index is 12.2. The number of amides is 2. The maximum Gasteiger partial charge on any atom is 0.315 e. The maximum absolute atomic E-state index is 12.2. The fraction of sp³-hybridized carbons (Fsp3) is 0.500. The van der Waals surface area contributed by atoms with Crippen molar-refractivity contribution in [1.29, 1.82) is 0 Å². The molecule has 1 aliphatic rings. The van der Waals surface area contributed by atoms with Crippen LogP contribution in [0.25, 0.3) is 0 Å². The average molecular weight is 345 g/mol. The molecular weight excluding hydrogens is 322 g/mol. The van der Waals surface area contributed by atoms with Crippen molar-refractivity contribution in [1.82, 2.24) is 30.0 Å². The van der Waals surface area contributed by atoms with Gasteiger partial charge in [0.2, 0.25) is 0 Å². The number of nitrogens with one attached hydrogen (secondary N) is 2. The minimum absolute atomic E-state index is 0.00911. The van der Waals surface area contributed by atoms with Crippen LogP contribution in [0.5, 0.6) is 0 Å². The predicted molar refractivity (Wildman–Crippen MR) is 93.5 cm³/mol. The molecule has 0 aliphatic carbocycles. The van der Waals surface area contributed by atoms with Gasteiger partial charge in [0.1, 0.15) is 0 Å². The van der Waals surface area contributed by atoms with Crippen molar-refractivity contribution >= 4 is 11.8 Å². The number of aromatic nitrogens is 4. The number of piperidine rings is 1. The molecule has 1 saturated heterocycles. The molecule has 0 aromatic carbocycles. The highest BCUT2D eigenvalue weighted by Gasteiger charge is 2.24. The van der Waals surface area contributed by atoms with Crippen molar-refractivity contribution in [3.8, 4) is 0 Å². The minimum Gasteiger partial charge on any atom is -0.350 e. The van der Waals surface area contributed by atoms with Gasteiger partial charge in [0, 0.05) is 57.5 Å². The van der Waals surface area contributed by atoms with Crippen molar-refractivity contribution in [3.05, 3.63) is 41.2 Å². The molecule has 1 aliphatic heterocycles. The standard InChI is InChI=1S/C16H23N7O2/c1-21-10-6-17-14(15(21)24)22-8-2-4-13(12-22)20-16(25)18-7-11-23-9-3-5-19-23/h3,5-6,9-10,13H,2,4,7-8,11-12H2,1H3,(H2,18,20,25). The molecule has 134 valence electrons. The Kier molecular flexibility index (Phi) is 5.32. The highest BCUT2D eigenvalue weighted by atomic mass is 16.2. The Morgan fingerprint density at radius 3 is 3.04 bits per heavy atom. The van der Waals surface area contributed by atoms with Crippen LogP contribution in [0.2, 0.25) is 0 Å². The number of urea groups is 1. The molecule has 2 aromatic rings. The zero-order valence-corrected chi connectivity index (χ0v) is 14.3. The normalized spacial score (nSPS) is 17.3. The van der Waals surface area contributed by atoms with Gasteiger partial charge in [0.25, 0.3) is 5.56 Å². The first-order chi connectivity index (χ1) is 12.1. The van der Waals surface area contributed by atoms with Gasteiger partial charge in [-0.25, -0.2) is 9.78 Å². The second-order valence-electron chi connectivity index (χ2n) is 6.12. The average Bonchev–Trinajstić information content (AvgIpc) is 3.11. The molecule has 0 radical (unpaired) electrons. The Balaban J connectivity index is 1.50. The molecule has 2 aromatic heterocycles. The van der Waals surface area contributed by atoms with Crippen LogP contribution < -0.4 is 21.1 Å². The van der Waals surface area contributed by atoms with Crippen LogP contribution in [0.4, 0.5) is 10.6 Å². The third kappa shape index (κ3) is 4.37. The lowest BCUT2D eigenvalue weighted by molar-refractivity contribution is 0.234. The molecule has 0 bridgehead atoms. The number of carbonyl (C=O) groups excluding carboxylic acids is 1. The summed E-state index contributed by atoms with van der Waals surface area (Å²) >= 11 is 0. The zero-order chi connectivity index (χ0) is 17.6. The third-order valence-corrected chi connectivity index (χ3v) is 4.24. The lowest BCUT2D eigenvalue weighted by Gasteiger charge is -2.33. The number of rotatable bonds is 5. The van der Waals surface area contributed by atoms with Crippen molar-refractivity contribution in [2.24, 2.45) is 7.05 Å². The first-order valence-corrected chi connectivity index (χ1v) is 8.42. The van der Waals surface area contributed by atoms with E-state index in [1.807, 2.05) is 17.2 Å². The molecular formula is C16H23N7O2. The molecule has 2 amide bonds. The first-order valence-electron chi connectivity index (χ1n) is 8.42. The van der Waals surface area contributed by atoms with Gasteiger partial charge >= 0.3 is 6.03 Å². The summed E-state index contributed by atoms with van der Waals surface area (Å²) in [6.07, 6.45) is 8.60. The molecule has 0 saturated carbocycles. The lowest BCUT2D eigenvalue weighted by Crippen LogP contribution is -2.52. The number of hydrogen-bond donors (Lipinski definition) is 2. The Morgan fingerprint density at radius 2 is 2.24 bits per heavy atom. The number of hydrogen-bond acceptors (Lipinski definition) is 5. The van der Waals surface area contributed by atoms with Crippen LogP contribution in [0, 0.1) is 0 Å². The van der Waals surface area contributed by atoms with Crippen LogP contribution in [0.3, 0.4) is 0 Å². The summed E-state index contributed by atoms with van der Waals surface area (Å²) in [4.78, 5) is 30.4. The summed E-state index contributed by atoms with van der Waals surface area (Å²) in [5, 5.41) is 9.89. The van der Waals surface area contributed by atoms with E-state index in [1.54, 1.807) is 30.3 Å². The Hall–Kier alpha value is -2.84. The van der Waals surface area contributed by atoms with Crippen LogP contribution in [-0.2, 0) is 13.6 Å². The Labute approximate surface area is 145 Å². The fourth-order valence-corrected chi connectivity index (χ4v) is 2.94. The van der Waals surface area contributed by atoms with E-state index in [9.17, 15) is 9.59 Å². The molecule has 9 heteroatoms. The minimum atomic E-state index is -0.201. The predicted octanol–water partition coefficient (Wildman–Crippen LogP) is -0.0550. The molecule has 1 fully saturated rings. The van der Waals surface area contributed by atoms with Gasteiger partial charge in [0.05, 0.1) is 6.54 Å². The number of anilines is 1. The summed E-state index contributed by atoms with van der Waals surface area (Å²) in [5.41, 5.74) is -0.119. The smallest absolute Gasteiger partial charge is 0.315 e. The number of nitrogens with zero attached hydrogens (tertiary/aromatic N) is 5. The van der Waals surface area contributed by atoms with Crippen molar-refractivity contribution in [3.63, 3.8) is 0 Å². The molecule has 9 nitrogen and oxygen atoms in total. The van der Waals surface area contributed by atoms with Gasteiger partial charge in [-0.15, -0.1) is 0 Å². The third-order valence-electron chi connectivity index (χ3n) is 4.24. The summed E-state index contributed by atoms with van der Waals surface area (Å²) in [7, 11) is 1.71. The highest BCUT2D eigenvalue weighted by Crippen LogP contribution is 2.14. The number of carbonyl (C=O) groups is 1. The van der Waals surface area contributed by atoms with E-state index < -0.39 is 0 Å². The SMILES string of the molecule is Cn1ccnc(N2CCCC(NC(=O)NCCn3cccn3)C2)c1=O. The van der Waals surface area contributed by atoms with Crippen LogP contribution >= 0.6 is 0 Å². The fourth-order valence-electron chi connectivity index (χ4n) is 2.94. The van der Waals surface area contributed by atoms with E-state index in [0.29, 0.717) is 25.5 Å². The lowest BCUT2D eigenvalue weighted by atomic mass is 10.1. The summed E-state index contributed by atoms with van der Waals surface area (Å²) in [6, 6.07) is 1.64. The molecule has 2 N–H and O–H groups in total. The van der Waals surface area contributed by atoms with Gasteiger partial charge < -0.3 is 20.1 Å². The molecule has 1 atom stereocenters. The van der Waals surface area contributed by atoms with E-state index in [0.717, 1.165) is 19.4 Å². The Morgan fingerprint density at radius 1 is 1.36 bits per heavy atom. The highest BCUT2D eigenvalue weighted by molar-refractivity contribution is 5.74. The summed E-state index contributed by atoms with van der Waals surface area (Å²) in [6.45, 7) is 2.48. The van der Waals surface area contributed by atoms with Crippen molar-refractivity contribution in [2.75, 3.05) is 24.5 Å². The molecule has 25 heavy (non-hydrogen) atoms. The topological polar surface area (TPSA) is 97.1 Å². The second-order valence-corrected chi connectivity index (χ2v) is 6.12. The first kappa shape index (κ1) is 17.0. The van der Waals surface area contributed by atoms with Gasteiger partial charge in [-0.2, -0.15) is 5.10 Å². The quantitative estimate of drug-likeness (QED) is 0.792. The second kappa shape index (κ2) is 7.82. The molecule has 3 rings (SSSR count). The van der Waals surface area contributed by atoms with Crippen LogP contribution in [0.1, 0.15) is 12.8 Å². The van der Waals surface area contributed by atoms with Gasteiger partial charge in [-0.05, 0) is 18.9 Å². The van der Waals surface area contributed by atoms with E-state index in [2.05, 4.69) is 20.7 Å². The summed E-state index contributed by atoms with van der Waals surface area (Å²) in [5.74, 6) is 0.440. The van der Waals surface area contributed by atoms with Crippen molar-refractivity contribution < 1.29 is 4.79 Å². The molecule has 1 unspecified atom stereocenters. The van der Waals surface area contributed by atoms with Gasteiger partial charge in [0.15, 0.2) is 5.82 Å². The van der Waals surface area contributed by atoms with E-state index in [1.165, 1.54) is 4.57 Å². The van der Waals surface area contributed by atoms with Crippen LogP contribution in [-0.4, -0.2) is 51.0 Å². The zero-order valence-electron chi connectivity index (χ0n) is 14.3. The summed E-state index contributed by atoms with van der Waals surface area (Å²) < 4.78 is 3.28. The Bertz CT molecular complexity index is 756. The van der Waals surface area contributed by atoms with Crippen molar-refractivity contribution in [2.45, 2.75) is 25.4 Å². The van der Waals surface area contributed by atoms with E-state index in [-0.39, 0.29) is 17.6 Å². The van der Waals surface area contributed by atoms with Crippen LogP contribution in [0.15, 0.2) is 35.6 Å². The monoisotopic (exact) mass is 345 g/mol. The molecule has 0 spiro atoms. The van der Waals surface area contributed by atoms with E-state index >= 15 is 0 Å². The van der Waals surface area contributed by atoms with E-state index in [4.69, 9.17) is 0 Å². The van der Waals surface area contributed by atoms with Gasteiger partial charge in [-0.3, -0.25) is 9.48 Å². The molecule has 3 heterocycles. The largest absolute Gasteiger partial charge is 0.350 e. The number of aryl methyl sites for hydroxylation is 1. The van der Waals surface area contributed by atoms with Gasteiger partial charge in [-0.1, -0.05) is 0 Å².